The molecule has 0 unspecified atom stereocenters. The summed E-state index contributed by atoms with van der Waals surface area (Å²) in [6.45, 7) is 4.67. The number of carbonyl (C=O) groups is 1. The molecule has 0 aliphatic carbocycles. The van der Waals surface area contributed by atoms with Crippen LogP contribution in [-0.2, 0) is 11.3 Å². The maximum absolute atomic E-state index is 14.0. The minimum atomic E-state index is -0.299. The van der Waals surface area contributed by atoms with Gasteiger partial charge in [0.2, 0.25) is 5.91 Å². The summed E-state index contributed by atoms with van der Waals surface area (Å²) < 4.78 is 16.0. The van der Waals surface area contributed by atoms with Crippen LogP contribution in [0.4, 0.5) is 10.1 Å². The molecule has 8 heteroatoms. The van der Waals surface area contributed by atoms with Gasteiger partial charge in [0.1, 0.15) is 18.2 Å². The highest BCUT2D eigenvalue weighted by Crippen LogP contribution is 2.31. The Morgan fingerprint density at radius 1 is 1.03 bits per heavy atom. The molecule has 1 aromatic carbocycles. The number of nitrogens with zero attached hydrogens (tertiary/aromatic N) is 6. The predicted molar refractivity (Wildman–Crippen MR) is 121 cm³/mol. The van der Waals surface area contributed by atoms with Crippen molar-refractivity contribution in [2.24, 2.45) is 0 Å². The van der Waals surface area contributed by atoms with Crippen molar-refractivity contribution in [2.45, 2.75) is 13.5 Å². The summed E-state index contributed by atoms with van der Waals surface area (Å²) >= 11 is 0. The highest BCUT2D eigenvalue weighted by atomic mass is 19.1. The number of rotatable bonds is 4. The number of hydrogen-bond acceptors (Lipinski definition) is 5. The third-order valence-electron chi connectivity index (χ3n) is 5.91. The van der Waals surface area contributed by atoms with Crippen LogP contribution in [-0.4, -0.2) is 56.5 Å². The van der Waals surface area contributed by atoms with Crippen LogP contribution >= 0.6 is 0 Å². The van der Waals surface area contributed by atoms with E-state index in [1.54, 1.807) is 30.9 Å². The van der Waals surface area contributed by atoms with Gasteiger partial charge in [0.05, 0.1) is 11.7 Å². The normalized spacial score (nSPS) is 14.2. The topological polar surface area (TPSA) is 67.2 Å². The Kier molecular flexibility index (Phi) is 5.26. The van der Waals surface area contributed by atoms with E-state index in [-0.39, 0.29) is 18.3 Å². The van der Waals surface area contributed by atoms with Crippen molar-refractivity contribution >= 4 is 22.5 Å². The van der Waals surface area contributed by atoms with E-state index in [1.165, 1.54) is 12.1 Å². The number of benzene rings is 1. The van der Waals surface area contributed by atoms with Gasteiger partial charge in [-0.25, -0.2) is 14.4 Å². The van der Waals surface area contributed by atoms with Crippen molar-refractivity contribution in [3.63, 3.8) is 0 Å². The summed E-state index contributed by atoms with van der Waals surface area (Å²) in [4.78, 5) is 29.7. The lowest BCUT2D eigenvalue weighted by Gasteiger charge is -2.37. The van der Waals surface area contributed by atoms with Crippen LogP contribution in [0.1, 0.15) is 5.82 Å². The molecule has 4 heterocycles. The molecule has 4 aromatic rings. The molecular formula is C24H23FN6O. The van der Waals surface area contributed by atoms with Crippen molar-refractivity contribution < 1.29 is 9.18 Å². The van der Waals surface area contributed by atoms with E-state index in [0.29, 0.717) is 32.0 Å². The highest BCUT2D eigenvalue weighted by Gasteiger charge is 2.23. The fraction of sp³-hybridized carbons (Fsp3) is 0.250. The predicted octanol–water partition coefficient (Wildman–Crippen LogP) is 3.29. The molecule has 1 fully saturated rings. The fourth-order valence-electron chi connectivity index (χ4n) is 4.16. The second-order valence-electron chi connectivity index (χ2n) is 7.93. The molecule has 0 N–H and O–H groups in total. The van der Waals surface area contributed by atoms with Gasteiger partial charge in [0.15, 0.2) is 0 Å². The summed E-state index contributed by atoms with van der Waals surface area (Å²) in [7, 11) is 0. The van der Waals surface area contributed by atoms with Gasteiger partial charge in [-0.15, -0.1) is 0 Å². The van der Waals surface area contributed by atoms with Gasteiger partial charge in [-0.2, -0.15) is 0 Å². The number of halogens is 1. The molecule has 0 bridgehead atoms. The average molecular weight is 430 g/mol. The van der Waals surface area contributed by atoms with Gasteiger partial charge in [0.25, 0.3) is 0 Å². The summed E-state index contributed by atoms with van der Waals surface area (Å²) in [5.41, 5.74) is 3.41. The van der Waals surface area contributed by atoms with Gasteiger partial charge >= 0.3 is 0 Å². The van der Waals surface area contributed by atoms with E-state index >= 15 is 0 Å². The first-order valence-electron chi connectivity index (χ1n) is 10.6. The number of hydrogen-bond donors (Lipinski definition) is 0. The largest absolute Gasteiger partial charge is 0.367 e. The standard InChI is InChI=1S/C24H23FN6O/c1-17-27-13-19(14-28-17)21-12-20(25)2-3-22(21)29-8-10-30(11-9-29)24(32)16-31-7-5-18-4-6-26-15-23(18)31/h2-7,12-15H,8-11,16H2,1H3. The Labute approximate surface area is 185 Å². The smallest absolute Gasteiger partial charge is 0.242 e. The molecule has 0 saturated carbocycles. The van der Waals surface area contributed by atoms with Gasteiger partial charge in [-0.05, 0) is 37.3 Å². The molecule has 0 radical (unpaired) electrons. The molecule has 1 aliphatic rings. The molecule has 32 heavy (non-hydrogen) atoms. The van der Waals surface area contributed by atoms with E-state index in [4.69, 9.17) is 0 Å². The van der Waals surface area contributed by atoms with Crippen LogP contribution in [0.3, 0.4) is 0 Å². The highest BCUT2D eigenvalue weighted by molar-refractivity contribution is 5.83. The number of anilines is 1. The van der Waals surface area contributed by atoms with Gasteiger partial charge in [-0.3, -0.25) is 9.78 Å². The van der Waals surface area contributed by atoms with Crippen LogP contribution in [0.15, 0.2) is 61.3 Å². The summed E-state index contributed by atoms with van der Waals surface area (Å²) in [6.07, 6.45) is 8.90. The van der Waals surface area contributed by atoms with Crippen molar-refractivity contribution in [3.05, 3.63) is 73.0 Å². The first kappa shape index (κ1) is 20.1. The summed E-state index contributed by atoms with van der Waals surface area (Å²) in [5, 5.41) is 1.07. The maximum atomic E-state index is 14.0. The van der Waals surface area contributed by atoms with E-state index < -0.39 is 0 Å². The Balaban J connectivity index is 1.30. The number of pyridine rings is 1. The van der Waals surface area contributed by atoms with Gasteiger partial charge in [-0.1, -0.05) is 0 Å². The molecule has 162 valence electrons. The zero-order valence-corrected chi connectivity index (χ0v) is 17.8. The molecule has 7 nitrogen and oxygen atoms in total. The van der Waals surface area contributed by atoms with Crippen LogP contribution in [0, 0.1) is 12.7 Å². The first-order chi connectivity index (χ1) is 15.6. The number of aromatic nitrogens is 4. The minimum absolute atomic E-state index is 0.0808. The molecule has 1 amide bonds. The molecule has 5 rings (SSSR count). The monoisotopic (exact) mass is 430 g/mol. The minimum Gasteiger partial charge on any atom is -0.367 e. The van der Waals surface area contributed by atoms with Gasteiger partial charge < -0.3 is 14.4 Å². The van der Waals surface area contributed by atoms with Crippen LogP contribution < -0.4 is 4.90 Å². The van der Waals surface area contributed by atoms with E-state index in [0.717, 1.165) is 27.7 Å². The molecule has 1 saturated heterocycles. The quantitative estimate of drug-likeness (QED) is 0.497. The number of carbonyl (C=O) groups excluding carboxylic acids is 1. The zero-order chi connectivity index (χ0) is 22.1. The fourth-order valence-corrected chi connectivity index (χ4v) is 4.16. The lowest BCUT2D eigenvalue weighted by molar-refractivity contribution is -0.132. The first-order valence-corrected chi connectivity index (χ1v) is 10.6. The average Bonchev–Trinajstić information content (AvgIpc) is 3.22. The Bertz CT molecular complexity index is 1260. The van der Waals surface area contributed by atoms with Crippen LogP contribution in [0.2, 0.25) is 0 Å². The van der Waals surface area contributed by atoms with Crippen molar-refractivity contribution in [1.29, 1.82) is 0 Å². The van der Waals surface area contributed by atoms with E-state index in [1.807, 2.05) is 34.7 Å². The number of piperazine rings is 1. The third-order valence-corrected chi connectivity index (χ3v) is 5.91. The van der Waals surface area contributed by atoms with Crippen molar-refractivity contribution in [2.75, 3.05) is 31.1 Å². The molecule has 1 aliphatic heterocycles. The lowest BCUT2D eigenvalue weighted by Crippen LogP contribution is -2.49. The zero-order valence-electron chi connectivity index (χ0n) is 17.8. The SMILES string of the molecule is Cc1ncc(-c2cc(F)ccc2N2CCN(C(=O)Cn3ccc4ccncc43)CC2)cn1. The number of amides is 1. The molecule has 3 aromatic heterocycles. The second-order valence-corrected chi connectivity index (χ2v) is 7.93. The lowest BCUT2D eigenvalue weighted by atomic mass is 10.0. The summed E-state index contributed by atoms with van der Waals surface area (Å²) in [5.74, 6) is 0.453. The second kappa shape index (κ2) is 8.37. The van der Waals surface area contributed by atoms with Crippen molar-refractivity contribution in [3.8, 4) is 11.1 Å². The van der Waals surface area contributed by atoms with E-state index in [2.05, 4.69) is 19.9 Å². The Morgan fingerprint density at radius 2 is 1.81 bits per heavy atom. The Morgan fingerprint density at radius 3 is 2.59 bits per heavy atom. The number of aryl methyl sites for hydroxylation is 1. The maximum Gasteiger partial charge on any atom is 0.242 e. The third kappa shape index (κ3) is 3.91. The number of fused-ring (bicyclic) bond motifs is 1. The van der Waals surface area contributed by atoms with Crippen LogP contribution in [0.25, 0.3) is 22.0 Å². The Hall–Kier alpha value is -3.81. The van der Waals surface area contributed by atoms with Gasteiger partial charge in [0, 0.05) is 73.2 Å². The summed E-state index contributed by atoms with van der Waals surface area (Å²) in [6, 6.07) is 8.71. The van der Waals surface area contributed by atoms with Crippen LogP contribution in [0.5, 0.6) is 0 Å². The van der Waals surface area contributed by atoms with Crippen molar-refractivity contribution in [1.82, 2.24) is 24.4 Å². The molecule has 0 atom stereocenters. The molecule has 0 spiro atoms. The molecular weight excluding hydrogens is 407 g/mol. The van der Waals surface area contributed by atoms with E-state index in [9.17, 15) is 9.18 Å².